The zero-order valence-electron chi connectivity index (χ0n) is 22.8. The summed E-state index contributed by atoms with van der Waals surface area (Å²) in [5.74, 6) is -0.730. The molecular formula is C30H33Cl2NO7. The highest BCUT2D eigenvalue weighted by molar-refractivity contribution is 6.39. The Morgan fingerprint density at radius 1 is 0.975 bits per heavy atom. The van der Waals surface area contributed by atoms with E-state index in [9.17, 15) is 19.8 Å². The summed E-state index contributed by atoms with van der Waals surface area (Å²) in [5, 5.41) is 23.2. The molecule has 0 aliphatic carbocycles. The van der Waals surface area contributed by atoms with E-state index >= 15 is 0 Å². The molecule has 2 atom stereocenters. The molecule has 0 saturated carbocycles. The molecule has 10 heteroatoms. The van der Waals surface area contributed by atoms with Crippen LogP contribution in [0.15, 0.2) is 48.5 Å². The number of aryl methyl sites for hydroxylation is 1. The van der Waals surface area contributed by atoms with Gasteiger partial charge in [-0.1, -0.05) is 47.5 Å². The maximum Gasteiger partial charge on any atom is 0.326 e. The van der Waals surface area contributed by atoms with E-state index in [0.717, 1.165) is 11.1 Å². The fraction of sp³-hybridized carbons (Fsp3) is 0.333. The van der Waals surface area contributed by atoms with Gasteiger partial charge in [0.1, 0.15) is 17.5 Å². The highest BCUT2D eigenvalue weighted by atomic mass is 35.5. The van der Waals surface area contributed by atoms with Crippen LogP contribution in [0.1, 0.15) is 53.4 Å². The van der Waals surface area contributed by atoms with E-state index in [4.69, 9.17) is 37.4 Å². The Hall–Kier alpha value is -3.30. The molecule has 1 unspecified atom stereocenters. The van der Waals surface area contributed by atoms with E-state index in [2.05, 4.69) is 5.32 Å². The number of benzene rings is 3. The smallest absolute Gasteiger partial charge is 0.326 e. The van der Waals surface area contributed by atoms with Crippen LogP contribution in [-0.4, -0.2) is 49.0 Å². The first kappa shape index (κ1) is 31.2. The Morgan fingerprint density at radius 2 is 1.60 bits per heavy atom. The second kappa shape index (κ2) is 14.4. The van der Waals surface area contributed by atoms with Gasteiger partial charge in [0.2, 0.25) is 0 Å². The van der Waals surface area contributed by atoms with Crippen molar-refractivity contribution < 1.29 is 34.0 Å². The van der Waals surface area contributed by atoms with Gasteiger partial charge in [-0.15, -0.1) is 0 Å². The van der Waals surface area contributed by atoms with Crippen LogP contribution >= 0.6 is 23.2 Å². The van der Waals surface area contributed by atoms with E-state index in [0.29, 0.717) is 47.8 Å². The highest BCUT2D eigenvalue weighted by Crippen LogP contribution is 2.43. The van der Waals surface area contributed by atoms with Crippen molar-refractivity contribution in [2.75, 3.05) is 20.8 Å². The van der Waals surface area contributed by atoms with E-state index < -0.39 is 24.0 Å². The number of hydrogen-bond donors (Lipinski definition) is 3. The predicted molar refractivity (Wildman–Crippen MR) is 155 cm³/mol. The largest absolute Gasteiger partial charge is 0.496 e. The number of aliphatic hydroxyl groups is 1. The lowest BCUT2D eigenvalue weighted by Gasteiger charge is -2.20. The fourth-order valence-corrected chi connectivity index (χ4v) is 4.96. The number of carbonyl (C=O) groups is 2. The molecule has 3 rings (SSSR count). The molecule has 0 radical (unpaired) electrons. The summed E-state index contributed by atoms with van der Waals surface area (Å²) in [5.41, 5.74) is 3.70. The second-order valence-corrected chi connectivity index (χ2v) is 9.92. The molecule has 0 aliphatic rings. The lowest BCUT2D eigenvalue weighted by atomic mass is 9.91. The number of ether oxygens (including phenoxy) is 3. The quantitative estimate of drug-likeness (QED) is 0.221. The molecule has 8 nitrogen and oxygen atoms in total. The number of nitrogens with one attached hydrogen (secondary N) is 1. The first-order valence-electron chi connectivity index (χ1n) is 12.7. The van der Waals surface area contributed by atoms with Crippen molar-refractivity contribution in [3.05, 3.63) is 80.8 Å². The summed E-state index contributed by atoms with van der Waals surface area (Å²) >= 11 is 12.2. The maximum atomic E-state index is 12.8. The molecular weight excluding hydrogens is 557 g/mol. The zero-order chi connectivity index (χ0) is 29.4. The van der Waals surface area contributed by atoms with Crippen LogP contribution in [0.25, 0.3) is 11.1 Å². The van der Waals surface area contributed by atoms with Crippen LogP contribution in [0.4, 0.5) is 0 Å². The Labute approximate surface area is 243 Å². The summed E-state index contributed by atoms with van der Waals surface area (Å²) in [6.45, 7) is 4.54. The van der Waals surface area contributed by atoms with Crippen molar-refractivity contribution in [3.8, 4) is 22.6 Å². The van der Waals surface area contributed by atoms with Crippen LogP contribution in [-0.2, 0) is 22.6 Å². The molecule has 3 N–H and O–H groups in total. The first-order chi connectivity index (χ1) is 19.1. The summed E-state index contributed by atoms with van der Waals surface area (Å²) in [6.07, 6.45) is -0.431. The molecule has 1 amide bonds. The monoisotopic (exact) mass is 589 g/mol. The van der Waals surface area contributed by atoms with E-state index in [-0.39, 0.29) is 22.0 Å². The normalized spacial score (nSPS) is 12.5. The van der Waals surface area contributed by atoms with Gasteiger partial charge in [0.05, 0.1) is 48.1 Å². The number of aliphatic carboxylic acids is 1. The molecule has 0 aliphatic heterocycles. The van der Waals surface area contributed by atoms with Crippen molar-refractivity contribution in [2.24, 2.45) is 0 Å². The number of hydrogen-bond acceptors (Lipinski definition) is 6. The molecule has 40 heavy (non-hydrogen) atoms. The lowest BCUT2D eigenvalue weighted by molar-refractivity contribution is -0.139. The predicted octanol–water partition coefficient (Wildman–Crippen LogP) is 6.08. The van der Waals surface area contributed by atoms with Gasteiger partial charge >= 0.3 is 5.97 Å². The molecule has 0 saturated heterocycles. The van der Waals surface area contributed by atoms with Crippen LogP contribution in [0, 0.1) is 0 Å². The second-order valence-electron chi connectivity index (χ2n) is 9.11. The average molecular weight is 591 g/mol. The Kier molecular flexibility index (Phi) is 11.2. The highest BCUT2D eigenvalue weighted by Gasteiger charge is 2.24. The Balaban J connectivity index is 1.89. The minimum Gasteiger partial charge on any atom is -0.496 e. The minimum atomic E-state index is -1.19. The number of rotatable bonds is 13. The van der Waals surface area contributed by atoms with Crippen LogP contribution in [0.3, 0.4) is 0 Å². The number of amides is 1. The standard InChI is InChI=1S/C30H33Cl2NO7/c1-5-40-16-19-14-25(38-3)27(26(15-19)39-4)20-11-9-18(13-21(20)17(2)34)10-12-24(30(36)37)33-29(35)28-22(31)7-6-8-23(28)32/h6-9,11,13-15,17,24,34H,5,10,12,16H2,1-4H3,(H,33,35)(H,36,37)/t17?,24-/m0/s1. The SMILES string of the molecule is CCOCc1cc(OC)c(-c2ccc(CC[C@H](NC(=O)c3c(Cl)cccc3Cl)C(=O)O)cc2C(C)O)c(OC)c1. The fourth-order valence-electron chi connectivity index (χ4n) is 4.39. The van der Waals surface area contributed by atoms with Crippen molar-refractivity contribution >= 4 is 35.1 Å². The van der Waals surface area contributed by atoms with E-state index in [1.165, 1.54) is 12.1 Å². The number of carbonyl (C=O) groups excluding carboxylic acids is 1. The van der Waals surface area contributed by atoms with Crippen LogP contribution in [0.5, 0.6) is 11.5 Å². The molecule has 3 aromatic carbocycles. The number of halogens is 2. The number of methoxy groups -OCH3 is 2. The molecule has 0 bridgehead atoms. The Morgan fingerprint density at radius 3 is 2.12 bits per heavy atom. The lowest BCUT2D eigenvalue weighted by Crippen LogP contribution is -2.41. The third-order valence-corrected chi connectivity index (χ3v) is 7.02. The molecule has 3 aromatic rings. The minimum absolute atomic E-state index is 0.0213. The molecule has 0 heterocycles. The van der Waals surface area contributed by atoms with Crippen molar-refractivity contribution in [1.82, 2.24) is 5.32 Å². The van der Waals surface area contributed by atoms with Gasteiger partial charge in [0.15, 0.2) is 0 Å². The van der Waals surface area contributed by atoms with Gasteiger partial charge in [0, 0.05) is 6.61 Å². The molecule has 0 fully saturated rings. The molecule has 0 aromatic heterocycles. The topological polar surface area (TPSA) is 114 Å². The van der Waals surface area contributed by atoms with Crippen LogP contribution in [0.2, 0.25) is 10.0 Å². The van der Waals surface area contributed by atoms with E-state index in [1.54, 1.807) is 27.2 Å². The summed E-state index contributed by atoms with van der Waals surface area (Å²) < 4.78 is 16.9. The third-order valence-electron chi connectivity index (χ3n) is 6.39. The van der Waals surface area contributed by atoms with Gasteiger partial charge < -0.3 is 29.7 Å². The maximum absolute atomic E-state index is 12.8. The van der Waals surface area contributed by atoms with Crippen molar-refractivity contribution in [1.29, 1.82) is 0 Å². The number of carboxylic acid groups (broad SMARTS) is 1. The van der Waals surface area contributed by atoms with Crippen molar-refractivity contribution in [2.45, 2.75) is 45.4 Å². The average Bonchev–Trinajstić information content (AvgIpc) is 2.93. The molecule has 0 spiro atoms. The van der Waals surface area contributed by atoms with E-state index in [1.807, 2.05) is 37.3 Å². The first-order valence-corrected chi connectivity index (χ1v) is 13.5. The summed E-state index contributed by atoms with van der Waals surface area (Å²) in [7, 11) is 3.13. The zero-order valence-corrected chi connectivity index (χ0v) is 24.3. The number of carboxylic acids is 1. The van der Waals surface area contributed by atoms with Gasteiger partial charge in [-0.2, -0.15) is 0 Å². The van der Waals surface area contributed by atoms with Crippen LogP contribution < -0.4 is 14.8 Å². The van der Waals surface area contributed by atoms with Crippen molar-refractivity contribution in [3.63, 3.8) is 0 Å². The number of aliphatic hydroxyl groups excluding tert-OH is 1. The summed E-state index contributed by atoms with van der Waals surface area (Å²) in [6, 6.07) is 12.7. The third kappa shape index (κ3) is 7.46. The van der Waals surface area contributed by atoms with Gasteiger partial charge in [0.25, 0.3) is 5.91 Å². The van der Waals surface area contributed by atoms with Gasteiger partial charge in [-0.3, -0.25) is 4.79 Å². The van der Waals surface area contributed by atoms with Gasteiger partial charge in [-0.25, -0.2) is 4.79 Å². The Bertz CT molecular complexity index is 1310. The van der Waals surface area contributed by atoms with Gasteiger partial charge in [-0.05, 0) is 73.2 Å². The molecule has 214 valence electrons. The summed E-state index contributed by atoms with van der Waals surface area (Å²) in [4.78, 5) is 24.7.